The van der Waals surface area contributed by atoms with E-state index in [2.05, 4.69) is 15.6 Å². The lowest BCUT2D eigenvalue weighted by atomic mass is 9.97. The van der Waals surface area contributed by atoms with E-state index in [1.807, 2.05) is 0 Å². The molecule has 2 N–H and O–H groups in total. The summed E-state index contributed by atoms with van der Waals surface area (Å²) in [6, 6.07) is 4.76. The third-order valence-electron chi connectivity index (χ3n) is 4.97. The van der Waals surface area contributed by atoms with Gasteiger partial charge < -0.3 is 10.6 Å². The molecule has 25 heavy (non-hydrogen) atoms. The van der Waals surface area contributed by atoms with Gasteiger partial charge in [0.2, 0.25) is 5.91 Å². The molecule has 1 saturated heterocycles. The molecule has 1 aliphatic carbocycles. The number of carbonyl (C=O) groups excluding carboxylic acids is 3. The van der Waals surface area contributed by atoms with Gasteiger partial charge in [-0.05, 0) is 31.9 Å². The predicted molar refractivity (Wildman–Crippen MR) is 91.5 cm³/mol. The van der Waals surface area contributed by atoms with Gasteiger partial charge in [-0.25, -0.2) is 4.79 Å². The summed E-state index contributed by atoms with van der Waals surface area (Å²) >= 11 is 0. The average molecular weight is 344 g/mol. The van der Waals surface area contributed by atoms with Gasteiger partial charge in [0.1, 0.15) is 6.54 Å². The molecule has 7 heteroatoms. The Labute approximate surface area is 147 Å². The molecule has 1 unspecified atom stereocenters. The Morgan fingerprint density at radius 3 is 2.64 bits per heavy atom. The minimum Gasteiger partial charge on any atom is -0.352 e. The fourth-order valence-electron chi connectivity index (χ4n) is 3.51. The molecule has 1 aromatic heterocycles. The quantitative estimate of drug-likeness (QED) is 0.642. The highest BCUT2D eigenvalue weighted by Crippen LogP contribution is 2.27. The van der Waals surface area contributed by atoms with Gasteiger partial charge in [-0.2, -0.15) is 0 Å². The largest absolute Gasteiger partial charge is 0.352 e. The maximum Gasteiger partial charge on any atom is 0.325 e. The van der Waals surface area contributed by atoms with Crippen LogP contribution in [0.3, 0.4) is 0 Å². The van der Waals surface area contributed by atoms with Crippen LogP contribution >= 0.6 is 0 Å². The first-order valence-corrected chi connectivity index (χ1v) is 8.86. The minimum atomic E-state index is -1.24. The standard InChI is InChI=1S/C18H24N4O3/c1-18(14-10-6-7-11-19-14)16(24)22(17(25)21-18)12-15(23)20-13-8-4-2-3-5-9-13/h6-7,10-11,13H,2-5,8-9,12H2,1H3,(H,20,23)(H,21,25). The van der Waals surface area contributed by atoms with Crippen LogP contribution in [0.25, 0.3) is 0 Å². The van der Waals surface area contributed by atoms with Crippen LogP contribution in [0.15, 0.2) is 24.4 Å². The van der Waals surface area contributed by atoms with Gasteiger partial charge in [0.25, 0.3) is 5.91 Å². The van der Waals surface area contributed by atoms with Crippen LogP contribution in [0.5, 0.6) is 0 Å². The molecule has 134 valence electrons. The van der Waals surface area contributed by atoms with Gasteiger partial charge >= 0.3 is 6.03 Å². The van der Waals surface area contributed by atoms with Crippen molar-refractivity contribution in [3.63, 3.8) is 0 Å². The molecular weight excluding hydrogens is 320 g/mol. The first-order valence-electron chi connectivity index (χ1n) is 8.86. The lowest BCUT2D eigenvalue weighted by molar-refractivity contribution is -0.135. The molecule has 4 amide bonds. The van der Waals surface area contributed by atoms with Crippen LogP contribution in [0.1, 0.15) is 51.1 Å². The van der Waals surface area contributed by atoms with E-state index >= 15 is 0 Å². The van der Waals surface area contributed by atoms with Gasteiger partial charge in [0.05, 0.1) is 5.69 Å². The highest BCUT2D eigenvalue weighted by Gasteiger charge is 2.50. The summed E-state index contributed by atoms with van der Waals surface area (Å²) in [5.41, 5.74) is -0.777. The summed E-state index contributed by atoms with van der Waals surface area (Å²) in [6.07, 6.45) is 8.08. The van der Waals surface area contributed by atoms with E-state index in [4.69, 9.17) is 0 Å². The molecule has 3 rings (SSSR count). The second-order valence-corrected chi connectivity index (χ2v) is 6.92. The topological polar surface area (TPSA) is 91.4 Å². The van der Waals surface area contributed by atoms with Gasteiger partial charge in [-0.3, -0.25) is 19.5 Å². The Morgan fingerprint density at radius 2 is 2.00 bits per heavy atom. The molecule has 0 bridgehead atoms. The van der Waals surface area contributed by atoms with E-state index in [1.54, 1.807) is 31.3 Å². The molecule has 1 atom stereocenters. The summed E-state index contributed by atoms with van der Waals surface area (Å²) in [6.45, 7) is 1.35. The lowest BCUT2D eigenvalue weighted by Crippen LogP contribution is -2.45. The zero-order valence-corrected chi connectivity index (χ0v) is 14.5. The van der Waals surface area contributed by atoms with E-state index in [-0.39, 0.29) is 18.5 Å². The second kappa shape index (κ2) is 7.21. The van der Waals surface area contributed by atoms with Gasteiger partial charge in [0.15, 0.2) is 5.54 Å². The Balaban J connectivity index is 1.65. The molecule has 1 aliphatic heterocycles. The SMILES string of the molecule is CC1(c2ccccn2)NC(=O)N(CC(=O)NC2CCCCCC2)C1=O. The minimum absolute atomic E-state index is 0.137. The van der Waals surface area contributed by atoms with Crippen molar-refractivity contribution in [3.8, 4) is 0 Å². The number of hydrogen-bond donors (Lipinski definition) is 2. The molecule has 2 heterocycles. The number of pyridine rings is 1. The van der Waals surface area contributed by atoms with Gasteiger partial charge in [0, 0.05) is 12.2 Å². The van der Waals surface area contributed by atoms with Crippen molar-refractivity contribution < 1.29 is 14.4 Å². The van der Waals surface area contributed by atoms with E-state index < -0.39 is 17.5 Å². The molecule has 0 spiro atoms. The number of urea groups is 1. The maximum absolute atomic E-state index is 12.7. The number of aromatic nitrogens is 1. The lowest BCUT2D eigenvalue weighted by Gasteiger charge is -2.21. The van der Waals surface area contributed by atoms with Gasteiger partial charge in [-0.1, -0.05) is 31.7 Å². The normalized spacial score (nSPS) is 24.8. The number of rotatable bonds is 4. The van der Waals surface area contributed by atoms with Crippen LogP contribution < -0.4 is 10.6 Å². The van der Waals surface area contributed by atoms with Crippen LogP contribution in [-0.2, 0) is 15.1 Å². The number of nitrogens with one attached hydrogen (secondary N) is 2. The third-order valence-corrected chi connectivity index (χ3v) is 4.97. The fourth-order valence-corrected chi connectivity index (χ4v) is 3.51. The van der Waals surface area contributed by atoms with Crippen molar-refractivity contribution in [2.24, 2.45) is 0 Å². The summed E-state index contributed by atoms with van der Waals surface area (Å²) in [4.78, 5) is 42.4. The van der Waals surface area contributed by atoms with Crippen molar-refractivity contribution in [1.82, 2.24) is 20.5 Å². The molecule has 2 fully saturated rings. The molecule has 0 radical (unpaired) electrons. The van der Waals surface area contributed by atoms with E-state index in [0.29, 0.717) is 5.69 Å². The zero-order chi connectivity index (χ0) is 17.9. The monoisotopic (exact) mass is 344 g/mol. The predicted octanol–water partition coefficient (Wildman–Crippen LogP) is 1.69. The Morgan fingerprint density at radius 1 is 1.28 bits per heavy atom. The van der Waals surface area contributed by atoms with Crippen LogP contribution in [-0.4, -0.2) is 40.3 Å². The van der Waals surface area contributed by atoms with E-state index in [9.17, 15) is 14.4 Å². The summed E-state index contributed by atoms with van der Waals surface area (Å²) in [7, 11) is 0. The van der Waals surface area contributed by atoms with Crippen LogP contribution in [0.2, 0.25) is 0 Å². The Bertz CT molecular complexity index is 656. The van der Waals surface area contributed by atoms with Crippen molar-refractivity contribution >= 4 is 17.8 Å². The average Bonchev–Trinajstić information content (AvgIpc) is 2.80. The van der Waals surface area contributed by atoms with Crippen molar-refractivity contribution in [2.75, 3.05) is 6.54 Å². The van der Waals surface area contributed by atoms with Crippen LogP contribution in [0, 0.1) is 0 Å². The smallest absolute Gasteiger partial charge is 0.325 e. The summed E-state index contributed by atoms with van der Waals surface area (Å²) in [5.74, 6) is -0.743. The highest BCUT2D eigenvalue weighted by molar-refractivity contribution is 6.08. The first kappa shape index (κ1) is 17.4. The van der Waals surface area contributed by atoms with E-state index in [1.165, 1.54) is 12.8 Å². The molecule has 2 aliphatic rings. The third kappa shape index (κ3) is 3.65. The van der Waals surface area contributed by atoms with Crippen molar-refractivity contribution in [3.05, 3.63) is 30.1 Å². The molecule has 1 aromatic rings. The first-order chi connectivity index (χ1) is 12.0. The molecule has 1 saturated carbocycles. The summed E-state index contributed by atoms with van der Waals surface area (Å²) in [5, 5.41) is 5.63. The van der Waals surface area contributed by atoms with Gasteiger partial charge in [-0.15, -0.1) is 0 Å². The second-order valence-electron chi connectivity index (χ2n) is 6.92. The number of imide groups is 1. The van der Waals surface area contributed by atoms with Crippen LogP contribution in [0.4, 0.5) is 4.79 Å². The highest BCUT2D eigenvalue weighted by atomic mass is 16.2. The van der Waals surface area contributed by atoms with Crippen molar-refractivity contribution in [2.45, 2.75) is 57.0 Å². The maximum atomic E-state index is 12.7. The fraction of sp³-hybridized carbons (Fsp3) is 0.556. The number of hydrogen-bond acceptors (Lipinski definition) is 4. The Kier molecular flexibility index (Phi) is 5.01. The summed E-state index contributed by atoms with van der Waals surface area (Å²) < 4.78 is 0. The number of carbonyl (C=O) groups is 3. The number of amides is 4. The number of nitrogens with zero attached hydrogens (tertiary/aromatic N) is 2. The molecule has 0 aromatic carbocycles. The zero-order valence-electron chi connectivity index (χ0n) is 14.5. The Hall–Kier alpha value is -2.44. The molecular formula is C18H24N4O3. The molecule has 7 nitrogen and oxygen atoms in total. The van der Waals surface area contributed by atoms with Crippen molar-refractivity contribution in [1.29, 1.82) is 0 Å². The van der Waals surface area contributed by atoms with E-state index in [0.717, 1.165) is 30.6 Å².